The lowest BCUT2D eigenvalue weighted by atomic mass is 9.87. The summed E-state index contributed by atoms with van der Waals surface area (Å²) >= 11 is 0. The zero-order valence-electron chi connectivity index (χ0n) is 15.4. The van der Waals surface area contributed by atoms with E-state index in [4.69, 9.17) is 4.74 Å². The van der Waals surface area contributed by atoms with Crippen LogP contribution in [0.5, 0.6) is 5.75 Å². The number of nitrogens with zero attached hydrogens (tertiary/aromatic N) is 1. The molecule has 1 fully saturated rings. The van der Waals surface area contributed by atoms with Gasteiger partial charge in [-0.05, 0) is 49.8 Å². The third-order valence-corrected chi connectivity index (χ3v) is 4.96. The molecule has 3 heteroatoms. The molecule has 0 aromatic heterocycles. The highest BCUT2D eigenvalue weighted by molar-refractivity contribution is 5.31. The monoisotopic (exact) mass is 319 g/mol. The zero-order chi connectivity index (χ0) is 17.0. The van der Waals surface area contributed by atoms with Gasteiger partial charge in [0.15, 0.2) is 0 Å². The van der Waals surface area contributed by atoms with Crippen LogP contribution in [0.1, 0.15) is 59.4 Å². The normalized spacial score (nSPS) is 24.4. The van der Waals surface area contributed by atoms with E-state index in [1.54, 1.807) is 0 Å². The van der Waals surface area contributed by atoms with Gasteiger partial charge in [0.1, 0.15) is 18.5 Å². The van der Waals surface area contributed by atoms with E-state index in [1.165, 1.54) is 24.8 Å². The fraction of sp³-hybridized carbons (Fsp3) is 0.700. The number of hydrogen-bond donors (Lipinski definition) is 1. The van der Waals surface area contributed by atoms with Crippen LogP contribution in [0.25, 0.3) is 0 Å². The van der Waals surface area contributed by atoms with Crippen LogP contribution in [0.4, 0.5) is 0 Å². The summed E-state index contributed by atoms with van der Waals surface area (Å²) in [6.07, 6.45) is 3.31. The number of hydrogen-bond acceptors (Lipinski definition) is 3. The summed E-state index contributed by atoms with van der Waals surface area (Å²) in [5, 5.41) is 10.3. The second-order valence-electron chi connectivity index (χ2n) is 8.06. The van der Waals surface area contributed by atoms with Gasteiger partial charge in [-0.2, -0.15) is 0 Å². The highest BCUT2D eigenvalue weighted by atomic mass is 16.5. The number of piperidine rings is 1. The van der Waals surface area contributed by atoms with Crippen molar-refractivity contribution in [3.05, 3.63) is 29.8 Å². The maximum Gasteiger partial charge on any atom is 0.119 e. The molecule has 0 radical (unpaired) electrons. The maximum atomic E-state index is 10.3. The van der Waals surface area contributed by atoms with E-state index in [0.29, 0.717) is 25.2 Å². The number of rotatable bonds is 5. The molecule has 1 aromatic rings. The molecule has 1 heterocycles. The van der Waals surface area contributed by atoms with Gasteiger partial charge in [0.05, 0.1) is 0 Å². The lowest BCUT2D eigenvalue weighted by molar-refractivity contribution is 0.0209. The van der Waals surface area contributed by atoms with Crippen LogP contribution in [0.15, 0.2) is 24.3 Å². The van der Waals surface area contributed by atoms with Gasteiger partial charge in [-0.25, -0.2) is 0 Å². The van der Waals surface area contributed by atoms with Crippen LogP contribution in [-0.4, -0.2) is 41.3 Å². The van der Waals surface area contributed by atoms with Gasteiger partial charge in [-0.1, -0.05) is 39.3 Å². The van der Waals surface area contributed by atoms with Crippen molar-refractivity contribution in [3.63, 3.8) is 0 Å². The molecule has 3 nitrogen and oxygen atoms in total. The van der Waals surface area contributed by atoms with Crippen molar-refractivity contribution in [1.29, 1.82) is 0 Å². The summed E-state index contributed by atoms with van der Waals surface area (Å²) in [6, 6.07) is 9.32. The minimum atomic E-state index is -0.444. The predicted molar refractivity (Wildman–Crippen MR) is 96.1 cm³/mol. The van der Waals surface area contributed by atoms with Gasteiger partial charge in [0.25, 0.3) is 0 Å². The van der Waals surface area contributed by atoms with Crippen molar-refractivity contribution in [2.75, 3.05) is 13.2 Å². The number of likely N-dealkylation sites (tertiary alicyclic amines) is 1. The Morgan fingerprint density at radius 3 is 2.22 bits per heavy atom. The summed E-state index contributed by atoms with van der Waals surface area (Å²) in [7, 11) is 0. The van der Waals surface area contributed by atoms with Gasteiger partial charge < -0.3 is 9.84 Å². The van der Waals surface area contributed by atoms with Crippen LogP contribution in [-0.2, 0) is 5.41 Å². The molecule has 1 aliphatic rings. The molecule has 1 N–H and O–H groups in total. The number of aliphatic hydroxyl groups is 1. The van der Waals surface area contributed by atoms with E-state index >= 15 is 0 Å². The first-order chi connectivity index (χ1) is 10.8. The van der Waals surface area contributed by atoms with E-state index in [2.05, 4.69) is 51.7 Å². The molecule has 1 aromatic carbocycles. The van der Waals surface area contributed by atoms with E-state index in [9.17, 15) is 5.11 Å². The van der Waals surface area contributed by atoms with E-state index in [0.717, 1.165) is 5.75 Å². The number of β-amino-alcohol motifs (C(OH)–C–C–N with tert-alkyl or cyclic N) is 1. The molecular formula is C20H33NO2. The molecule has 0 bridgehead atoms. The second kappa shape index (κ2) is 7.67. The van der Waals surface area contributed by atoms with E-state index < -0.39 is 6.10 Å². The Bertz CT molecular complexity index is 467. The van der Waals surface area contributed by atoms with Crippen molar-refractivity contribution in [3.8, 4) is 5.75 Å². The standard InChI is InChI=1S/C20H33NO2/c1-15-7-6-8-16(2)21(15)13-18(22)14-23-19-11-9-17(10-12-19)20(3,4)5/h9-12,15-16,18,22H,6-8,13-14H2,1-5H3/t15-,16+,18-/m1/s1. The average Bonchev–Trinajstić information content (AvgIpc) is 2.48. The molecule has 23 heavy (non-hydrogen) atoms. The molecule has 1 saturated heterocycles. The van der Waals surface area contributed by atoms with Gasteiger partial charge in [-0.15, -0.1) is 0 Å². The van der Waals surface area contributed by atoms with Crippen molar-refractivity contribution in [2.24, 2.45) is 0 Å². The van der Waals surface area contributed by atoms with Crippen LogP contribution in [0, 0.1) is 0 Å². The number of aliphatic hydroxyl groups excluding tert-OH is 1. The Balaban J connectivity index is 1.83. The van der Waals surface area contributed by atoms with Crippen LogP contribution >= 0.6 is 0 Å². The molecule has 3 atom stereocenters. The van der Waals surface area contributed by atoms with Gasteiger partial charge >= 0.3 is 0 Å². The van der Waals surface area contributed by atoms with Gasteiger partial charge in [0.2, 0.25) is 0 Å². The Morgan fingerprint density at radius 2 is 1.70 bits per heavy atom. The first-order valence-electron chi connectivity index (χ1n) is 8.94. The quantitative estimate of drug-likeness (QED) is 0.891. The molecule has 0 saturated carbocycles. The number of benzene rings is 1. The summed E-state index contributed by atoms with van der Waals surface area (Å²) in [5.41, 5.74) is 1.44. The SMILES string of the molecule is C[C@@H]1CCC[C@H](C)N1C[C@@H](O)COc1ccc(C(C)(C)C)cc1. The maximum absolute atomic E-state index is 10.3. The molecular weight excluding hydrogens is 286 g/mol. The molecule has 0 spiro atoms. The smallest absolute Gasteiger partial charge is 0.119 e. The molecule has 0 amide bonds. The second-order valence-corrected chi connectivity index (χ2v) is 8.06. The summed E-state index contributed by atoms with van der Waals surface area (Å²) in [6.45, 7) is 12.2. The summed E-state index contributed by atoms with van der Waals surface area (Å²) in [4.78, 5) is 2.42. The minimum Gasteiger partial charge on any atom is -0.491 e. The third kappa shape index (κ3) is 5.22. The summed E-state index contributed by atoms with van der Waals surface area (Å²) < 4.78 is 5.77. The molecule has 0 unspecified atom stereocenters. The molecule has 0 aliphatic carbocycles. The fourth-order valence-electron chi connectivity index (χ4n) is 3.37. The minimum absolute atomic E-state index is 0.151. The van der Waals surface area contributed by atoms with Gasteiger partial charge in [0, 0.05) is 18.6 Å². The zero-order valence-corrected chi connectivity index (χ0v) is 15.4. The lowest BCUT2D eigenvalue weighted by Crippen LogP contribution is -2.48. The van der Waals surface area contributed by atoms with Crippen molar-refractivity contribution >= 4 is 0 Å². The Labute approximate surface area is 141 Å². The fourth-order valence-corrected chi connectivity index (χ4v) is 3.37. The number of ether oxygens (including phenoxy) is 1. The lowest BCUT2D eigenvalue weighted by Gasteiger charge is -2.40. The van der Waals surface area contributed by atoms with Gasteiger partial charge in [-0.3, -0.25) is 4.90 Å². The van der Waals surface area contributed by atoms with Crippen molar-refractivity contribution in [2.45, 2.75) is 77.5 Å². The van der Waals surface area contributed by atoms with Crippen LogP contribution in [0.3, 0.4) is 0 Å². The molecule has 2 rings (SSSR count). The van der Waals surface area contributed by atoms with Crippen molar-refractivity contribution in [1.82, 2.24) is 4.90 Å². The van der Waals surface area contributed by atoms with Crippen LogP contribution in [0.2, 0.25) is 0 Å². The van der Waals surface area contributed by atoms with E-state index in [1.807, 2.05) is 12.1 Å². The largest absolute Gasteiger partial charge is 0.491 e. The van der Waals surface area contributed by atoms with Crippen LogP contribution < -0.4 is 4.74 Å². The first-order valence-corrected chi connectivity index (χ1v) is 8.94. The average molecular weight is 319 g/mol. The predicted octanol–water partition coefficient (Wildman–Crippen LogP) is 3.99. The van der Waals surface area contributed by atoms with Crippen molar-refractivity contribution < 1.29 is 9.84 Å². The highest BCUT2D eigenvalue weighted by Crippen LogP contribution is 2.25. The third-order valence-electron chi connectivity index (χ3n) is 4.96. The Hall–Kier alpha value is -1.06. The van der Waals surface area contributed by atoms with E-state index in [-0.39, 0.29) is 5.41 Å². The molecule has 130 valence electrons. The first kappa shape index (κ1) is 18.3. The Morgan fingerprint density at radius 1 is 1.13 bits per heavy atom. The molecule has 1 aliphatic heterocycles. The Kier molecular flexibility index (Phi) is 6.10. The summed E-state index contributed by atoms with van der Waals surface area (Å²) in [5.74, 6) is 0.830. The highest BCUT2D eigenvalue weighted by Gasteiger charge is 2.26. The topological polar surface area (TPSA) is 32.7 Å².